The highest BCUT2D eigenvalue weighted by atomic mass is 35.5. The second kappa shape index (κ2) is 9.03. The van der Waals surface area contributed by atoms with E-state index in [1.165, 1.54) is 18.2 Å². The Morgan fingerprint density at radius 3 is 2.61 bits per heavy atom. The lowest BCUT2D eigenvalue weighted by molar-refractivity contribution is -0.124. The third-order valence-electron chi connectivity index (χ3n) is 4.03. The highest BCUT2D eigenvalue weighted by Crippen LogP contribution is 2.31. The van der Waals surface area contributed by atoms with Crippen molar-refractivity contribution in [2.45, 2.75) is 6.42 Å². The second-order valence-corrected chi connectivity index (χ2v) is 7.37. The van der Waals surface area contributed by atoms with Gasteiger partial charge in [-0.1, -0.05) is 48.0 Å². The van der Waals surface area contributed by atoms with Gasteiger partial charge in [-0.3, -0.25) is 19.3 Å². The summed E-state index contributed by atoms with van der Waals surface area (Å²) in [5, 5.41) is 2.36. The van der Waals surface area contributed by atoms with Crippen molar-refractivity contribution in [1.29, 1.82) is 0 Å². The highest BCUT2D eigenvalue weighted by Gasteiger charge is 2.34. The number of nitrogens with zero attached hydrogens (tertiary/aromatic N) is 1. The molecule has 0 saturated carbocycles. The van der Waals surface area contributed by atoms with E-state index in [1.54, 1.807) is 6.08 Å². The van der Waals surface area contributed by atoms with Gasteiger partial charge in [-0.2, -0.15) is 0 Å². The van der Waals surface area contributed by atoms with E-state index in [9.17, 15) is 18.8 Å². The van der Waals surface area contributed by atoms with Crippen LogP contribution < -0.4 is 5.32 Å². The van der Waals surface area contributed by atoms with Gasteiger partial charge in [0.15, 0.2) is 0 Å². The first-order chi connectivity index (χ1) is 13.5. The number of hydrogen-bond acceptors (Lipinski definition) is 4. The molecule has 1 heterocycles. The van der Waals surface area contributed by atoms with Crippen molar-refractivity contribution < 1.29 is 18.8 Å². The number of rotatable bonds is 6. The van der Waals surface area contributed by atoms with E-state index in [1.807, 2.05) is 30.3 Å². The van der Waals surface area contributed by atoms with Crippen molar-refractivity contribution in [3.05, 3.63) is 75.4 Å². The molecule has 0 atom stereocenters. The number of imide groups is 1. The van der Waals surface area contributed by atoms with E-state index in [0.717, 1.165) is 22.2 Å². The van der Waals surface area contributed by atoms with Gasteiger partial charge in [-0.25, -0.2) is 4.39 Å². The minimum atomic E-state index is -0.556. The molecule has 0 aliphatic carbocycles. The smallest absolute Gasteiger partial charge is 0.293 e. The zero-order valence-electron chi connectivity index (χ0n) is 14.7. The summed E-state index contributed by atoms with van der Waals surface area (Å²) in [6.07, 6.45) is 1.44. The van der Waals surface area contributed by atoms with E-state index >= 15 is 0 Å². The SMILES string of the molecule is O=C(Cc1c(F)cccc1Cl)NCCN1C(=O)S/C(=C\c2ccccc2)C1=O. The van der Waals surface area contributed by atoms with E-state index < -0.39 is 22.9 Å². The van der Waals surface area contributed by atoms with Gasteiger partial charge >= 0.3 is 0 Å². The molecule has 0 bridgehead atoms. The Labute approximate surface area is 170 Å². The van der Waals surface area contributed by atoms with Crippen LogP contribution in [0.15, 0.2) is 53.4 Å². The highest BCUT2D eigenvalue weighted by molar-refractivity contribution is 8.18. The van der Waals surface area contributed by atoms with Crippen molar-refractivity contribution in [1.82, 2.24) is 10.2 Å². The van der Waals surface area contributed by atoms with Gasteiger partial charge in [0.2, 0.25) is 5.91 Å². The third-order valence-corrected chi connectivity index (χ3v) is 5.29. The standard InChI is InChI=1S/C20H16ClFN2O3S/c21-15-7-4-8-16(22)14(15)12-18(25)23-9-10-24-19(26)17(28-20(24)27)11-13-5-2-1-3-6-13/h1-8,11H,9-10,12H2,(H,23,25)/b17-11-. The Morgan fingerprint density at radius 1 is 1.14 bits per heavy atom. The second-order valence-electron chi connectivity index (χ2n) is 5.97. The molecule has 1 fully saturated rings. The molecule has 0 radical (unpaired) electrons. The Bertz CT molecular complexity index is 929. The number of benzene rings is 2. The molecule has 144 valence electrons. The molecule has 28 heavy (non-hydrogen) atoms. The summed E-state index contributed by atoms with van der Waals surface area (Å²) < 4.78 is 13.7. The molecule has 1 saturated heterocycles. The predicted molar refractivity (Wildman–Crippen MR) is 107 cm³/mol. The minimum absolute atomic E-state index is 0.0353. The fraction of sp³-hybridized carbons (Fsp3) is 0.150. The van der Waals surface area contributed by atoms with Crippen LogP contribution in [0.3, 0.4) is 0 Å². The van der Waals surface area contributed by atoms with Gasteiger partial charge < -0.3 is 5.32 Å². The van der Waals surface area contributed by atoms with Gasteiger partial charge in [0, 0.05) is 23.7 Å². The summed E-state index contributed by atoms with van der Waals surface area (Å²) in [7, 11) is 0. The van der Waals surface area contributed by atoms with Gasteiger partial charge in [0.05, 0.1) is 11.3 Å². The van der Waals surface area contributed by atoms with E-state index in [4.69, 9.17) is 11.6 Å². The Balaban J connectivity index is 1.55. The molecule has 8 heteroatoms. The van der Waals surface area contributed by atoms with Crippen molar-refractivity contribution in [2.75, 3.05) is 13.1 Å². The summed E-state index contributed by atoms with van der Waals surface area (Å²) in [5.74, 6) is -1.40. The van der Waals surface area contributed by atoms with Crippen LogP contribution in [0, 0.1) is 5.82 Å². The number of thioether (sulfide) groups is 1. The van der Waals surface area contributed by atoms with Crippen LogP contribution in [0.4, 0.5) is 9.18 Å². The molecule has 2 aromatic rings. The molecule has 0 spiro atoms. The monoisotopic (exact) mass is 418 g/mol. The maximum atomic E-state index is 13.7. The van der Waals surface area contributed by atoms with Gasteiger partial charge in [0.1, 0.15) is 5.82 Å². The first kappa shape index (κ1) is 20.1. The molecule has 0 unspecified atom stereocenters. The minimum Gasteiger partial charge on any atom is -0.354 e. The number of amides is 3. The molecule has 1 aliphatic heterocycles. The van der Waals surface area contributed by atoms with Crippen molar-refractivity contribution >= 4 is 46.5 Å². The predicted octanol–water partition coefficient (Wildman–Crippen LogP) is 3.87. The fourth-order valence-electron chi connectivity index (χ4n) is 2.62. The summed E-state index contributed by atoms with van der Waals surface area (Å²) in [5.41, 5.74) is 0.932. The van der Waals surface area contributed by atoms with Crippen LogP contribution in [0.25, 0.3) is 6.08 Å². The lowest BCUT2D eigenvalue weighted by Gasteiger charge is -2.13. The molecule has 5 nitrogen and oxygen atoms in total. The van der Waals surface area contributed by atoms with Crippen LogP contribution >= 0.6 is 23.4 Å². The van der Waals surface area contributed by atoms with Crippen LogP contribution in [-0.4, -0.2) is 35.0 Å². The van der Waals surface area contributed by atoms with Crippen LogP contribution in [0.2, 0.25) is 5.02 Å². The van der Waals surface area contributed by atoms with Crippen molar-refractivity contribution in [2.24, 2.45) is 0 Å². The molecular formula is C20H16ClFN2O3S. The summed E-state index contributed by atoms with van der Waals surface area (Å²) in [6.45, 7) is 0.106. The number of carbonyl (C=O) groups is 3. The topological polar surface area (TPSA) is 66.5 Å². The van der Waals surface area contributed by atoms with Crippen LogP contribution in [0.1, 0.15) is 11.1 Å². The molecule has 1 aliphatic rings. The molecule has 3 amide bonds. The molecule has 0 aromatic heterocycles. The van der Waals surface area contributed by atoms with Crippen LogP contribution in [-0.2, 0) is 16.0 Å². The normalized spacial score (nSPS) is 15.4. The van der Waals surface area contributed by atoms with Gasteiger partial charge in [0.25, 0.3) is 11.1 Å². The van der Waals surface area contributed by atoms with Gasteiger partial charge in [-0.15, -0.1) is 0 Å². The quantitative estimate of drug-likeness (QED) is 0.723. The largest absolute Gasteiger partial charge is 0.354 e. The average Bonchev–Trinajstić information content (AvgIpc) is 2.93. The summed E-state index contributed by atoms with van der Waals surface area (Å²) >= 11 is 6.77. The number of hydrogen-bond donors (Lipinski definition) is 1. The summed E-state index contributed by atoms with van der Waals surface area (Å²) in [6, 6.07) is 13.4. The molecular weight excluding hydrogens is 403 g/mol. The zero-order valence-corrected chi connectivity index (χ0v) is 16.2. The first-order valence-corrected chi connectivity index (χ1v) is 9.65. The molecule has 1 N–H and O–H groups in total. The maximum Gasteiger partial charge on any atom is 0.293 e. The maximum absolute atomic E-state index is 13.7. The van der Waals surface area contributed by atoms with E-state index in [2.05, 4.69) is 5.32 Å². The summed E-state index contributed by atoms with van der Waals surface area (Å²) in [4.78, 5) is 37.9. The van der Waals surface area contributed by atoms with Crippen molar-refractivity contribution in [3.63, 3.8) is 0 Å². The van der Waals surface area contributed by atoms with Crippen molar-refractivity contribution in [3.8, 4) is 0 Å². The Hall–Kier alpha value is -2.64. The Morgan fingerprint density at radius 2 is 1.89 bits per heavy atom. The third kappa shape index (κ3) is 4.79. The average molecular weight is 419 g/mol. The lowest BCUT2D eigenvalue weighted by atomic mass is 10.1. The number of halogens is 2. The van der Waals surface area contributed by atoms with E-state index in [0.29, 0.717) is 4.91 Å². The Kier molecular flexibility index (Phi) is 6.49. The van der Waals surface area contributed by atoms with E-state index in [-0.39, 0.29) is 30.1 Å². The zero-order chi connectivity index (χ0) is 20.1. The van der Waals surface area contributed by atoms with Gasteiger partial charge in [-0.05, 0) is 35.5 Å². The number of carbonyl (C=O) groups excluding carboxylic acids is 3. The first-order valence-electron chi connectivity index (χ1n) is 8.45. The molecule has 3 rings (SSSR count). The lowest BCUT2D eigenvalue weighted by Crippen LogP contribution is -2.37. The molecule has 2 aromatic carbocycles. The van der Waals surface area contributed by atoms with Crippen LogP contribution in [0.5, 0.6) is 0 Å². The fourth-order valence-corrected chi connectivity index (χ4v) is 3.72. The number of nitrogens with one attached hydrogen (secondary N) is 1.